The standard InChI is InChI=1S/C21H20O7/c22-14-5-4-6-15(11-14)26-9-2-1-3-10-27-16-7-8-17-18(23)13-20(21(24)25)28-19(17)12-16/h4-8,11-13,22H,1-3,9-10H2,(H,24,25). The number of aromatic hydroxyl groups is 1. The van der Waals surface area contributed by atoms with E-state index in [4.69, 9.17) is 19.0 Å². The van der Waals surface area contributed by atoms with E-state index in [2.05, 4.69) is 0 Å². The molecule has 7 heteroatoms. The summed E-state index contributed by atoms with van der Waals surface area (Å²) in [5, 5.41) is 18.7. The van der Waals surface area contributed by atoms with Crippen LogP contribution in [0.2, 0.25) is 0 Å². The van der Waals surface area contributed by atoms with E-state index in [-0.39, 0.29) is 11.3 Å². The molecule has 146 valence electrons. The predicted octanol–water partition coefficient (Wildman–Crippen LogP) is 3.82. The number of hydrogen-bond donors (Lipinski definition) is 2. The van der Waals surface area contributed by atoms with Gasteiger partial charge in [0.15, 0.2) is 5.43 Å². The smallest absolute Gasteiger partial charge is 0.371 e. The van der Waals surface area contributed by atoms with Crippen LogP contribution in [0, 0.1) is 0 Å². The van der Waals surface area contributed by atoms with E-state index >= 15 is 0 Å². The van der Waals surface area contributed by atoms with Crippen LogP contribution < -0.4 is 14.9 Å². The third kappa shape index (κ3) is 5.03. The van der Waals surface area contributed by atoms with E-state index in [1.165, 1.54) is 6.07 Å². The molecule has 0 bridgehead atoms. The van der Waals surface area contributed by atoms with E-state index < -0.39 is 17.2 Å². The third-order valence-corrected chi connectivity index (χ3v) is 4.06. The molecule has 0 atom stereocenters. The summed E-state index contributed by atoms with van der Waals surface area (Å²) < 4.78 is 16.4. The molecule has 1 heterocycles. The van der Waals surface area contributed by atoms with Crippen LogP contribution in [0.15, 0.2) is 57.7 Å². The Morgan fingerprint density at radius 1 is 0.929 bits per heavy atom. The van der Waals surface area contributed by atoms with E-state index in [9.17, 15) is 14.7 Å². The zero-order valence-corrected chi connectivity index (χ0v) is 15.1. The summed E-state index contributed by atoms with van der Waals surface area (Å²) >= 11 is 0. The maximum absolute atomic E-state index is 11.9. The van der Waals surface area contributed by atoms with Crippen LogP contribution in [0.5, 0.6) is 17.2 Å². The first-order chi connectivity index (χ1) is 13.5. The van der Waals surface area contributed by atoms with Crippen molar-refractivity contribution in [2.24, 2.45) is 0 Å². The molecule has 0 aliphatic rings. The number of carbonyl (C=O) groups is 1. The Kier molecular flexibility index (Phi) is 6.16. The molecule has 3 rings (SSSR count). The Balaban J connectivity index is 1.45. The lowest BCUT2D eigenvalue weighted by atomic mass is 10.2. The normalized spacial score (nSPS) is 10.7. The van der Waals surface area contributed by atoms with Gasteiger partial charge in [-0.15, -0.1) is 0 Å². The number of phenols is 1. The fraction of sp³-hybridized carbons (Fsp3) is 0.238. The molecule has 0 amide bonds. The molecule has 0 fully saturated rings. The highest BCUT2D eigenvalue weighted by Crippen LogP contribution is 2.20. The lowest BCUT2D eigenvalue weighted by Gasteiger charge is -2.08. The van der Waals surface area contributed by atoms with Gasteiger partial charge in [0.05, 0.1) is 18.6 Å². The molecule has 2 aromatic carbocycles. The largest absolute Gasteiger partial charge is 0.508 e. The molecule has 0 aliphatic heterocycles. The van der Waals surface area contributed by atoms with E-state index in [1.54, 1.807) is 36.4 Å². The molecule has 0 saturated heterocycles. The number of fused-ring (bicyclic) bond motifs is 1. The summed E-state index contributed by atoms with van der Waals surface area (Å²) in [6.45, 7) is 1.02. The quantitative estimate of drug-likeness (QED) is 0.540. The van der Waals surface area contributed by atoms with Gasteiger partial charge in [-0.05, 0) is 43.5 Å². The molecular formula is C21H20O7. The van der Waals surface area contributed by atoms with Crippen molar-refractivity contribution in [2.75, 3.05) is 13.2 Å². The van der Waals surface area contributed by atoms with Crippen molar-refractivity contribution in [3.63, 3.8) is 0 Å². The summed E-state index contributed by atoms with van der Waals surface area (Å²) in [5.41, 5.74) is -0.223. The number of carboxylic acids is 1. The van der Waals surface area contributed by atoms with Gasteiger partial charge in [-0.2, -0.15) is 0 Å². The van der Waals surface area contributed by atoms with E-state index in [0.29, 0.717) is 30.1 Å². The van der Waals surface area contributed by atoms with Gasteiger partial charge in [-0.25, -0.2) is 4.79 Å². The first-order valence-electron chi connectivity index (χ1n) is 8.89. The number of hydrogen-bond acceptors (Lipinski definition) is 6. The maximum atomic E-state index is 11.9. The highest BCUT2D eigenvalue weighted by Gasteiger charge is 2.11. The van der Waals surface area contributed by atoms with Gasteiger partial charge in [0, 0.05) is 18.2 Å². The molecule has 7 nitrogen and oxygen atoms in total. The Morgan fingerprint density at radius 2 is 1.64 bits per heavy atom. The molecule has 0 spiro atoms. The lowest BCUT2D eigenvalue weighted by Crippen LogP contribution is -2.06. The molecule has 0 aliphatic carbocycles. The van der Waals surface area contributed by atoms with Crippen molar-refractivity contribution in [1.82, 2.24) is 0 Å². The summed E-state index contributed by atoms with van der Waals surface area (Å²) in [4.78, 5) is 22.9. The van der Waals surface area contributed by atoms with Crippen molar-refractivity contribution in [2.45, 2.75) is 19.3 Å². The zero-order valence-electron chi connectivity index (χ0n) is 15.1. The third-order valence-electron chi connectivity index (χ3n) is 4.06. The minimum absolute atomic E-state index is 0.174. The van der Waals surface area contributed by atoms with Crippen molar-refractivity contribution in [3.8, 4) is 17.2 Å². The highest BCUT2D eigenvalue weighted by molar-refractivity contribution is 5.87. The fourth-order valence-corrected chi connectivity index (χ4v) is 2.66. The average Bonchev–Trinajstić information content (AvgIpc) is 2.67. The average molecular weight is 384 g/mol. The highest BCUT2D eigenvalue weighted by atomic mass is 16.5. The molecular weight excluding hydrogens is 364 g/mol. The minimum Gasteiger partial charge on any atom is -0.508 e. The van der Waals surface area contributed by atoms with Gasteiger partial charge >= 0.3 is 5.97 Å². The molecule has 0 saturated carbocycles. The summed E-state index contributed by atoms with van der Waals surface area (Å²) in [5.74, 6) is -0.379. The van der Waals surface area contributed by atoms with Crippen molar-refractivity contribution in [1.29, 1.82) is 0 Å². The van der Waals surface area contributed by atoms with Crippen LogP contribution >= 0.6 is 0 Å². The van der Waals surface area contributed by atoms with Gasteiger partial charge in [-0.1, -0.05) is 6.07 Å². The van der Waals surface area contributed by atoms with Crippen LogP contribution in [0.25, 0.3) is 11.0 Å². The maximum Gasteiger partial charge on any atom is 0.371 e. The SMILES string of the molecule is O=C(O)c1cc(=O)c2ccc(OCCCCCOc3cccc(O)c3)cc2o1. The summed E-state index contributed by atoms with van der Waals surface area (Å²) in [6, 6.07) is 12.4. The number of benzene rings is 2. The first-order valence-corrected chi connectivity index (χ1v) is 8.89. The number of phenolic OH excluding ortho intramolecular Hbond substituents is 1. The molecule has 1 aromatic heterocycles. The van der Waals surface area contributed by atoms with Crippen molar-refractivity contribution < 1.29 is 28.9 Å². The van der Waals surface area contributed by atoms with Gasteiger partial charge in [0.2, 0.25) is 5.76 Å². The molecule has 2 N–H and O–H groups in total. The van der Waals surface area contributed by atoms with E-state index in [1.807, 2.05) is 0 Å². The Hall–Kier alpha value is -3.48. The van der Waals surface area contributed by atoms with E-state index in [0.717, 1.165) is 25.3 Å². The summed E-state index contributed by atoms with van der Waals surface area (Å²) in [6.07, 6.45) is 2.54. The van der Waals surface area contributed by atoms with Gasteiger partial charge in [-0.3, -0.25) is 4.79 Å². The summed E-state index contributed by atoms with van der Waals surface area (Å²) in [7, 11) is 0. The zero-order chi connectivity index (χ0) is 19.9. The number of carboxylic acid groups (broad SMARTS) is 1. The van der Waals surface area contributed by atoms with Gasteiger partial charge in [0.25, 0.3) is 0 Å². The Morgan fingerprint density at radius 3 is 2.32 bits per heavy atom. The number of aromatic carboxylic acids is 1. The number of unbranched alkanes of at least 4 members (excludes halogenated alkanes) is 2. The second-order valence-electron chi connectivity index (χ2n) is 6.19. The minimum atomic E-state index is -1.29. The first kappa shape index (κ1) is 19.3. The van der Waals surface area contributed by atoms with Gasteiger partial charge in [0.1, 0.15) is 22.8 Å². The van der Waals surface area contributed by atoms with Crippen molar-refractivity contribution in [3.05, 3.63) is 64.5 Å². The fourth-order valence-electron chi connectivity index (χ4n) is 2.66. The topological polar surface area (TPSA) is 106 Å². The molecule has 28 heavy (non-hydrogen) atoms. The Bertz CT molecular complexity index is 1020. The van der Waals surface area contributed by atoms with Crippen LogP contribution in [-0.2, 0) is 0 Å². The predicted molar refractivity (Wildman–Crippen MR) is 102 cm³/mol. The molecule has 3 aromatic rings. The number of rotatable bonds is 9. The second kappa shape index (κ2) is 8.94. The van der Waals surface area contributed by atoms with Gasteiger partial charge < -0.3 is 24.1 Å². The van der Waals surface area contributed by atoms with Crippen LogP contribution in [0.4, 0.5) is 0 Å². The second-order valence-corrected chi connectivity index (χ2v) is 6.19. The van der Waals surface area contributed by atoms with Crippen molar-refractivity contribution >= 4 is 16.9 Å². The molecule has 0 unspecified atom stereocenters. The Labute approximate surface area is 160 Å². The lowest BCUT2D eigenvalue weighted by molar-refractivity contribution is 0.0663. The monoisotopic (exact) mass is 384 g/mol. The number of ether oxygens (including phenoxy) is 2. The van der Waals surface area contributed by atoms with Crippen LogP contribution in [0.1, 0.15) is 29.8 Å². The molecule has 0 radical (unpaired) electrons. The van der Waals surface area contributed by atoms with Crippen LogP contribution in [0.3, 0.4) is 0 Å². The van der Waals surface area contributed by atoms with Crippen LogP contribution in [-0.4, -0.2) is 29.4 Å².